The van der Waals surface area contributed by atoms with Crippen molar-refractivity contribution in [1.29, 1.82) is 0 Å². The predicted molar refractivity (Wildman–Crippen MR) is 123 cm³/mol. The van der Waals surface area contributed by atoms with Gasteiger partial charge in [0.2, 0.25) is 11.7 Å². The van der Waals surface area contributed by atoms with Crippen molar-refractivity contribution >= 4 is 11.6 Å². The van der Waals surface area contributed by atoms with Gasteiger partial charge in [-0.3, -0.25) is 4.79 Å². The fourth-order valence-corrected chi connectivity index (χ4v) is 4.45. The van der Waals surface area contributed by atoms with Gasteiger partial charge in [-0.25, -0.2) is 13.9 Å². The van der Waals surface area contributed by atoms with Crippen molar-refractivity contribution in [3.63, 3.8) is 0 Å². The van der Waals surface area contributed by atoms with Crippen molar-refractivity contribution in [3.8, 4) is 22.8 Å². The summed E-state index contributed by atoms with van der Waals surface area (Å²) in [5, 5.41) is 8.54. The van der Waals surface area contributed by atoms with Crippen LogP contribution in [0.1, 0.15) is 37.7 Å². The van der Waals surface area contributed by atoms with Gasteiger partial charge in [0.1, 0.15) is 6.54 Å². The van der Waals surface area contributed by atoms with E-state index in [1.54, 1.807) is 23.2 Å². The van der Waals surface area contributed by atoms with Gasteiger partial charge < -0.3 is 9.42 Å². The van der Waals surface area contributed by atoms with E-state index < -0.39 is 0 Å². The molecule has 0 aliphatic heterocycles. The van der Waals surface area contributed by atoms with E-state index in [2.05, 4.69) is 15.2 Å². The second-order valence-corrected chi connectivity index (χ2v) is 8.64. The highest BCUT2D eigenvalue weighted by Gasteiger charge is 2.24. The fourth-order valence-electron chi connectivity index (χ4n) is 4.45. The van der Waals surface area contributed by atoms with Crippen LogP contribution in [0.15, 0.2) is 51.9 Å². The van der Waals surface area contributed by atoms with Crippen molar-refractivity contribution < 1.29 is 9.32 Å². The summed E-state index contributed by atoms with van der Waals surface area (Å²) in [7, 11) is 1.82. The molecule has 1 aliphatic carbocycles. The SMILES string of the molecule is Cc1cccc(-c2noc(-c3cccn4c(=O)n(CC(=O)N(C)C5CCCCC5)nc34)n2)c1. The molecule has 1 aliphatic rings. The molecule has 0 radical (unpaired) electrons. The average molecular weight is 447 g/mol. The molecule has 0 unspecified atom stereocenters. The predicted octanol–water partition coefficient (Wildman–Crippen LogP) is 3.31. The maximum Gasteiger partial charge on any atom is 0.350 e. The minimum Gasteiger partial charge on any atom is -0.341 e. The zero-order chi connectivity index (χ0) is 22.9. The van der Waals surface area contributed by atoms with Crippen molar-refractivity contribution in [2.75, 3.05) is 7.05 Å². The van der Waals surface area contributed by atoms with Crippen LogP contribution in [-0.2, 0) is 11.3 Å². The summed E-state index contributed by atoms with van der Waals surface area (Å²) in [5.74, 6) is 0.607. The number of pyridine rings is 1. The molecule has 3 aromatic heterocycles. The number of amides is 1. The van der Waals surface area contributed by atoms with E-state index in [0.29, 0.717) is 17.0 Å². The number of benzene rings is 1. The molecular formula is C24H26N6O3. The number of rotatable bonds is 5. The van der Waals surface area contributed by atoms with E-state index in [4.69, 9.17) is 4.52 Å². The molecular weight excluding hydrogens is 420 g/mol. The van der Waals surface area contributed by atoms with Gasteiger partial charge in [0, 0.05) is 24.8 Å². The van der Waals surface area contributed by atoms with Crippen LogP contribution >= 0.6 is 0 Å². The minimum absolute atomic E-state index is 0.106. The standard InChI is InChI=1S/C24H26N6O3/c1-16-8-6-9-17(14-16)21-25-23(33-27-21)19-12-7-13-29-22(19)26-30(24(29)32)15-20(31)28(2)18-10-4-3-5-11-18/h6-9,12-14,18H,3-5,10-11,15H2,1-2H3. The average Bonchev–Trinajstić information content (AvgIpc) is 3.45. The van der Waals surface area contributed by atoms with Crippen LogP contribution in [0, 0.1) is 6.92 Å². The molecule has 5 rings (SSSR count). The van der Waals surface area contributed by atoms with E-state index in [1.807, 2.05) is 38.2 Å². The lowest BCUT2D eigenvalue weighted by molar-refractivity contribution is -0.133. The molecule has 170 valence electrons. The topological polar surface area (TPSA) is 98.5 Å². The minimum atomic E-state index is -0.379. The van der Waals surface area contributed by atoms with E-state index in [9.17, 15) is 9.59 Å². The molecule has 1 aromatic carbocycles. The maximum absolute atomic E-state index is 12.9. The first-order valence-corrected chi connectivity index (χ1v) is 11.3. The second-order valence-electron chi connectivity index (χ2n) is 8.64. The van der Waals surface area contributed by atoms with E-state index in [1.165, 1.54) is 15.5 Å². The van der Waals surface area contributed by atoms with Crippen molar-refractivity contribution in [3.05, 3.63) is 58.6 Å². The fraction of sp³-hybridized carbons (Fsp3) is 0.375. The summed E-state index contributed by atoms with van der Waals surface area (Å²) in [4.78, 5) is 32.1. The number of aryl methyl sites for hydroxylation is 1. The molecule has 0 atom stereocenters. The highest BCUT2D eigenvalue weighted by Crippen LogP contribution is 2.25. The molecule has 9 heteroatoms. The van der Waals surface area contributed by atoms with Gasteiger partial charge in [-0.1, -0.05) is 48.2 Å². The molecule has 3 heterocycles. The van der Waals surface area contributed by atoms with Crippen molar-refractivity contribution in [2.24, 2.45) is 0 Å². The summed E-state index contributed by atoms with van der Waals surface area (Å²) >= 11 is 0. The summed E-state index contributed by atoms with van der Waals surface area (Å²) in [6, 6.07) is 11.5. The number of likely N-dealkylation sites (N-methyl/N-ethyl adjacent to an activating group) is 1. The van der Waals surface area contributed by atoms with Crippen molar-refractivity contribution in [1.82, 2.24) is 29.2 Å². The van der Waals surface area contributed by atoms with Gasteiger partial charge >= 0.3 is 5.69 Å². The van der Waals surface area contributed by atoms with Gasteiger partial charge in [0.25, 0.3) is 5.89 Å². The highest BCUT2D eigenvalue weighted by molar-refractivity contribution is 5.76. The quantitative estimate of drug-likeness (QED) is 0.466. The Morgan fingerprint density at radius 2 is 2.00 bits per heavy atom. The maximum atomic E-state index is 12.9. The number of hydrogen-bond acceptors (Lipinski definition) is 6. The second kappa shape index (κ2) is 8.65. The largest absolute Gasteiger partial charge is 0.350 e. The number of fused-ring (bicyclic) bond motifs is 1. The summed E-state index contributed by atoms with van der Waals surface area (Å²) in [6.45, 7) is 1.89. The summed E-state index contributed by atoms with van der Waals surface area (Å²) in [6.07, 6.45) is 7.12. The number of aromatic nitrogens is 5. The van der Waals surface area contributed by atoms with Crippen LogP contribution in [0.2, 0.25) is 0 Å². The van der Waals surface area contributed by atoms with E-state index >= 15 is 0 Å². The number of carbonyl (C=O) groups is 1. The van der Waals surface area contributed by atoms with Gasteiger partial charge in [-0.05, 0) is 38.0 Å². The molecule has 1 fully saturated rings. The smallest absolute Gasteiger partial charge is 0.341 e. The summed E-state index contributed by atoms with van der Waals surface area (Å²) < 4.78 is 8.11. The lowest BCUT2D eigenvalue weighted by atomic mass is 9.94. The molecule has 0 saturated heterocycles. The Morgan fingerprint density at radius 3 is 2.79 bits per heavy atom. The van der Waals surface area contributed by atoms with E-state index in [0.717, 1.165) is 36.8 Å². The molecule has 1 saturated carbocycles. The van der Waals surface area contributed by atoms with Crippen LogP contribution in [0.25, 0.3) is 28.5 Å². The van der Waals surface area contributed by atoms with Crippen molar-refractivity contribution in [2.45, 2.75) is 51.6 Å². The zero-order valence-electron chi connectivity index (χ0n) is 18.8. The lowest BCUT2D eigenvalue weighted by Gasteiger charge is -2.31. The number of carbonyl (C=O) groups excluding carboxylic acids is 1. The van der Waals surface area contributed by atoms with Gasteiger partial charge in [-0.2, -0.15) is 4.98 Å². The first-order chi connectivity index (χ1) is 16.0. The Labute approximate surface area is 190 Å². The zero-order valence-corrected chi connectivity index (χ0v) is 18.8. The summed E-state index contributed by atoms with van der Waals surface area (Å²) in [5.41, 5.74) is 2.46. The molecule has 1 amide bonds. The molecule has 0 N–H and O–H groups in total. The third kappa shape index (κ3) is 4.06. The Bertz CT molecular complexity index is 1360. The Morgan fingerprint density at radius 1 is 1.18 bits per heavy atom. The Hall–Kier alpha value is -3.75. The first-order valence-electron chi connectivity index (χ1n) is 11.3. The molecule has 0 bridgehead atoms. The van der Waals surface area contributed by atoms with Gasteiger partial charge in [0.05, 0.1) is 5.56 Å². The van der Waals surface area contributed by atoms with Gasteiger partial charge in [0.15, 0.2) is 5.65 Å². The van der Waals surface area contributed by atoms with Gasteiger partial charge in [-0.15, -0.1) is 5.10 Å². The van der Waals surface area contributed by atoms with Crippen LogP contribution < -0.4 is 5.69 Å². The monoisotopic (exact) mass is 446 g/mol. The lowest BCUT2D eigenvalue weighted by Crippen LogP contribution is -2.41. The first kappa shape index (κ1) is 21.1. The van der Waals surface area contributed by atoms with Crippen LogP contribution in [0.5, 0.6) is 0 Å². The number of hydrogen-bond donors (Lipinski definition) is 0. The van der Waals surface area contributed by atoms with E-state index in [-0.39, 0.29) is 30.1 Å². The molecule has 33 heavy (non-hydrogen) atoms. The third-order valence-corrected chi connectivity index (χ3v) is 6.34. The highest BCUT2D eigenvalue weighted by atomic mass is 16.5. The van der Waals surface area contributed by atoms with Crippen LogP contribution in [0.3, 0.4) is 0 Å². The third-order valence-electron chi connectivity index (χ3n) is 6.34. The molecule has 9 nitrogen and oxygen atoms in total. The number of nitrogens with zero attached hydrogens (tertiary/aromatic N) is 6. The van der Waals surface area contributed by atoms with Crippen LogP contribution in [0.4, 0.5) is 0 Å². The molecule has 0 spiro atoms. The molecule has 4 aromatic rings. The Kier molecular flexibility index (Phi) is 5.53. The van der Waals surface area contributed by atoms with Crippen LogP contribution in [-0.4, -0.2) is 48.2 Å². The normalized spacial score (nSPS) is 14.6. The Balaban J connectivity index is 1.45.